The van der Waals surface area contributed by atoms with Crippen LogP contribution in [-0.2, 0) is 11.2 Å². The van der Waals surface area contributed by atoms with Gasteiger partial charge in [0.1, 0.15) is 12.4 Å². The lowest BCUT2D eigenvalue weighted by molar-refractivity contribution is -0.174. The minimum atomic E-state index is -4.30. The van der Waals surface area contributed by atoms with Crippen LogP contribution >= 0.6 is 15.9 Å². The van der Waals surface area contributed by atoms with Gasteiger partial charge in [-0.25, -0.2) is 0 Å². The van der Waals surface area contributed by atoms with Gasteiger partial charge >= 0.3 is 6.18 Å². The second-order valence-corrected chi connectivity index (χ2v) is 5.56. The van der Waals surface area contributed by atoms with Crippen molar-refractivity contribution in [3.63, 3.8) is 0 Å². The lowest BCUT2D eigenvalue weighted by atomic mass is 10.0. The van der Waals surface area contributed by atoms with Crippen LogP contribution in [0.4, 0.5) is 13.2 Å². The minimum absolute atomic E-state index is 0.0397. The first-order chi connectivity index (χ1) is 9.37. The van der Waals surface area contributed by atoms with E-state index in [1.165, 1.54) is 0 Å². The zero-order chi connectivity index (χ0) is 14.8. The highest BCUT2D eigenvalue weighted by Crippen LogP contribution is 2.36. The summed E-state index contributed by atoms with van der Waals surface area (Å²) in [4.78, 5) is 0. The number of nitrogens with two attached hydrogens (primary N) is 1. The molecule has 1 heterocycles. The molecule has 1 aliphatic rings. The maximum atomic E-state index is 12.0. The molecule has 0 aliphatic carbocycles. The molecule has 3 nitrogen and oxygen atoms in total. The van der Waals surface area contributed by atoms with Gasteiger partial charge in [0.25, 0.3) is 0 Å². The summed E-state index contributed by atoms with van der Waals surface area (Å²) >= 11 is 3.40. The molecule has 1 aliphatic heterocycles. The second-order valence-electron chi connectivity index (χ2n) is 4.64. The van der Waals surface area contributed by atoms with Gasteiger partial charge in [0.2, 0.25) is 0 Å². The van der Waals surface area contributed by atoms with E-state index in [9.17, 15) is 13.2 Å². The third-order valence-electron chi connectivity index (χ3n) is 3.02. The van der Waals surface area contributed by atoms with Crippen molar-refractivity contribution < 1.29 is 22.6 Å². The molecule has 0 bridgehead atoms. The van der Waals surface area contributed by atoms with E-state index in [0.717, 1.165) is 27.8 Å². The van der Waals surface area contributed by atoms with E-state index in [-0.39, 0.29) is 6.61 Å². The lowest BCUT2D eigenvalue weighted by Gasteiger charge is -2.16. The summed E-state index contributed by atoms with van der Waals surface area (Å²) in [7, 11) is 0. The third kappa shape index (κ3) is 4.10. The number of halogens is 4. The van der Waals surface area contributed by atoms with E-state index < -0.39 is 18.8 Å². The Hall–Kier alpha value is -0.790. The predicted molar refractivity (Wildman–Crippen MR) is 71.8 cm³/mol. The largest absolute Gasteiger partial charge is 0.493 e. The van der Waals surface area contributed by atoms with Gasteiger partial charge in [0, 0.05) is 29.1 Å². The van der Waals surface area contributed by atoms with Crippen molar-refractivity contribution in [2.24, 2.45) is 5.73 Å². The summed E-state index contributed by atoms with van der Waals surface area (Å²) in [5, 5.41) is 0. The van der Waals surface area contributed by atoms with Crippen LogP contribution < -0.4 is 10.5 Å². The van der Waals surface area contributed by atoms with Gasteiger partial charge in [-0.2, -0.15) is 13.2 Å². The molecule has 7 heteroatoms. The van der Waals surface area contributed by atoms with Crippen molar-refractivity contribution in [1.82, 2.24) is 0 Å². The Morgan fingerprint density at radius 2 is 2.15 bits per heavy atom. The van der Waals surface area contributed by atoms with Crippen LogP contribution in [0, 0.1) is 0 Å². The smallest absolute Gasteiger partial charge is 0.411 e. The van der Waals surface area contributed by atoms with Crippen molar-refractivity contribution >= 4 is 15.9 Å². The Morgan fingerprint density at radius 1 is 1.40 bits per heavy atom. The van der Waals surface area contributed by atoms with Gasteiger partial charge in [-0.3, -0.25) is 0 Å². The third-order valence-corrected chi connectivity index (χ3v) is 3.47. The molecular weight excluding hydrogens is 339 g/mol. The normalized spacial score (nSPS) is 15.8. The first-order valence-corrected chi connectivity index (χ1v) is 7.01. The van der Waals surface area contributed by atoms with Crippen LogP contribution in [0.15, 0.2) is 16.6 Å². The van der Waals surface area contributed by atoms with E-state index >= 15 is 0 Å². The average molecular weight is 354 g/mol. The van der Waals surface area contributed by atoms with E-state index in [0.29, 0.717) is 13.0 Å². The molecular formula is C13H15BrF3NO2. The number of benzene rings is 1. The molecule has 0 aromatic heterocycles. The number of ether oxygens (including phenoxy) is 2. The quantitative estimate of drug-likeness (QED) is 0.825. The van der Waals surface area contributed by atoms with Crippen LogP contribution in [0.1, 0.15) is 23.6 Å². The van der Waals surface area contributed by atoms with E-state index in [1.807, 2.05) is 12.1 Å². The standard InChI is InChI=1S/C13H15BrF3NO2/c14-9-5-8-1-4-20-12(8)10(6-9)11(18)2-3-19-7-13(15,16)17/h5-6,11H,1-4,7,18H2. The van der Waals surface area contributed by atoms with Crippen LogP contribution in [0.25, 0.3) is 0 Å². The first-order valence-electron chi connectivity index (χ1n) is 6.22. The maximum Gasteiger partial charge on any atom is 0.411 e. The van der Waals surface area contributed by atoms with Gasteiger partial charge in [0.05, 0.1) is 6.61 Å². The van der Waals surface area contributed by atoms with Gasteiger partial charge < -0.3 is 15.2 Å². The molecule has 2 rings (SSSR count). The molecule has 1 aromatic rings. The van der Waals surface area contributed by atoms with Crippen molar-refractivity contribution in [3.8, 4) is 5.75 Å². The Labute approximate surface area is 123 Å². The van der Waals surface area contributed by atoms with Gasteiger partial charge in [-0.05, 0) is 24.1 Å². The Kier molecular flexibility index (Phi) is 4.93. The zero-order valence-electron chi connectivity index (χ0n) is 10.7. The van der Waals surface area contributed by atoms with Gasteiger partial charge in [0.15, 0.2) is 0 Å². The fourth-order valence-electron chi connectivity index (χ4n) is 2.13. The summed E-state index contributed by atoms with van der Waals surface area (Å²) in [6.45, 7) is -0.676. The Bertz CT molecular complexity index is 479. The van der Waals surface area contributed by atoms with Crippen molar-refractivity contribution in [2.45, 2.75) is 25.1 Å². The minimum Gasteiger partial charge on any atom is -0.493 e. The molecule has 0 radical (unpaired) electrons. The molecule has 1 unspecified atom stereocenters. The molecule has 2 N–H and O–H groups in total. The predicted octanol–water partition coefficient (Wildman–Crippen LogP) is 3.35. The number of alkyl halides is 3. The first kappa shape index (κ1) is 15.6. The summed E-state index contributed by atoms with van der Waals surface area (Å²) < 4.78 is 46.9. The fourth-order valence-corrected chi connectivity index (χ4v) is 2.65. The number of hydrogen-bond donors (Lipinski definition) is 1. The molecule has 0 spiro atoms. The van der Waals surface area contributed by atoms with E-state index in [1.54, 1.807) is 0 Å². The highest BCUT2D eigenvalue weighted by Gasteiger charge is 2.27. The molecule has 1 atom stereocenters. The number of fused-ring (bicyclic) bond motifs is 1. The summed E-state index contributed by atoms with van der Waals surface area (Å²) in [5.41, 5.74) is 7.90. The Morgan fingerprint density at radius 3 is 2.85 bits per heavy atom. The van der Waals surface area contributed by atoms with Crippen molar-refractivity contribution in [2.75, 3.05) is 19.8 Å². The van der Waals surface area contributed by atoms with E-state index in [2.05, 4.69) is 20.7 Å². The van der Waals surface area contributed by atoms with Crippen LogP contribution in [-0.4, -0.2) is 26.0 Å². The highest BCUT2D eigenvalue weighted by atomic mass is 79.9. The average Bonchev–Trinajstić information content (AvgIpc) is 2.80. The molecule has 0 fully saturated rings. The maximum absolute atomic E-state index is 12.0. The zero-order valence-corrected chi connectivity index (χ0v) is 12.3. The number of hydrogen-bond acceptors (Lipinski definition) is 3. The second kappa shape index (κ2) is 6.32. The Balaban J connectivity index is 1.95. The molecule has 112 valence electrons. The summed E-state index contributed by atoms with van der Waals surface area (Å²) in [6.07, 6.45) is -3.17. The van der Waals surface area contributed by atoms with Crippen LogP contribution in [0.3, 0.4) is 0 Å². The topological polar surface area (TPSA) is 44.5 Å². The van der Waals surface area contributed by atoms with Gasteiger partial charge in [-0.15, -0.1) is 0 Å². The fraction of sp³-hybridized carbons (Fsp3) is 0.538. The lowest BCUT2D eigenvalue weighted by Crippen LogP contribution is -2.20. The van der Waals surface area contributed by atoms with E-state index in [4.69, 9.17) is 10.5 Å². The molecule has 1 aromatic carbocycles. The highest BCUT2D eigenvalue weighted by molar-refractivity contribution is 9.10. The molecule has 0 saturated heterocycles. The monoisotopic (exact) mass is 353 g/mol. The van der Waals surface area contributed by atoms with Crippen molar-refractivity contribution in [3.05, 3.63) is 27.7 Å². The number of rotatable bonds is 5. The van der Waals surface area contributed by atoms with Crippen molar-refractivity contribution in [1.29, 1.82) is 0 Å². The summed E-state index contributed by atoms with van der Waals surface area (Å²) in [6, 6.07) is 3.41. The summed E-state index contributed by atoms with van der Waals surface area (Å²) in [5.74, 6) is 0.761. The molecule has 0 saturated carbocycles. The molecule has 20 heavy (non-hydrogen) atoms. The molecule has 0 amide bonds. The SMILES string of the molecule is NC(CCOCC(F)(F)F)c1cc(Br)cc2c1OCC2. The van der Waals surface area contributed by atoms with Crippen LogP contribution in [0.5, 0.6) is 5.75 Å². The van der Waals surface area contributed by atoms with Crippen LogP contribution in [0.2, 0.25) is 0 Å². The van der Waals surface area contributed by atoms with Gasteiger partial charge in [-0.1, -0.05) is 15.9 Å².